The quantitative estimate of drug-likeness (QED) is 0.708. The van der Waals surface area contributed by atoms with E-state index in [1.807, 2.05) is 24.3 Å². The second-order valence-corrected chi connectivity index (χ2v) is 5.66. The van der Waals surface area contributed by atoms with Gasteiger partial charge in [-0.2, -0.15) is 0 Å². The van der Waals surface area contributed by atoms with Crippen LogP contribution in [0.5, 0.6) is 5.75 Å². The van der Waals surface area contributed by atoms with E-state index in [0.29, 0.717) is 28.2 Å². The zero-order valence-corrected chi connectivity index (χ0v) is 14.0. The third-order valence-corrected chi connectivity index (χ3v) is 3.85. The summed E-state index contributed by atoms with van der Waals surface area (Å²) in [5.41, 5.74) is 1.92. The van der Waals surface area contributed by atoms with Crippen molar-refractivity contribution in [2.75, 3.05) is 7.11 Å². The predicted molar refractivity (Wildman–Crippen MR) is 94.8 cm³/mol. The van der Waals surface area contributed by atoms with Crippen LogP contribution in [0.3, 0.4) is 0 Å². The van der Waals surface area contributed by atoms with Gasteiger partial charge in [-0.15, -0.1) is 0 Å². The van der Waals surface area contributed by atoms with E-state index >= 15 is 0 Å². The van der Waals surface area contributed by atoms with E-state index in [-0.39, 0.29) is 18.3 Å². The fraction of sp³-hybridized carbons (Fsp3) is 0.150. The fourth-order valence-electron chi connectivity index (χ4n) is 2.45. The Bertz CT molecular complexity index is 943. The zero-order valence-electron chi connectivity index (χ0n) is 14.0. The van der Waals surface area contributed by atoms with Crippen molar-refractivity contribution in [1.29, 1.82) is 0 Å². The van der Waals surface area contributed by atoms with E-state index in [1.165, 1.54) is 12.1 Å². The Labute approximate surface area is 144 Å². The van der Waals surface area contributed by atoms with Gasteiger partial charge < -0.3 is 14.5 Å². The molecule has 0 unspecified atom stereocenters. The fourth-order valence-corrected chi connectivity index (χ4v) is 2.45. The molecule has 2 aromatic carbocycles. The van der Waals surface area contributed by atoms with Crippen molar-refractivity contribution in [2.45, 2.75) is 13.5 Å². The van der Waals surface area contributed by atoms with Gasteiger partial charge in [0.25, 0.3) is 0 Å². The first kappa shape index (κ1) is 16.8. The predicted octanol–water partition coefficient (Wildman–Crippen LogP) is 4.22. The summed E-state index contributed by atoms with van der Waals surface area (Å²) in [4.78, 5) is 11.9. The van der Waals surface area contributed by atoms with Crippen LogP contribution in [-0.2, 0) is 11.3 Å². The van der Waals surface area contributed by atoms with Crippen molar-refractivity contribution in [2.24, 2.45) is 0 Å². The number of hydrogen-bond acceptors (Lipinski definition) is 3. The molecule has 0 saturated heterocycles. The number of nitrogens with one attached hydrogen (secondary N) is 1. The summed E-state index contributed by atoms with van der Waals surface area (Å²) in [6.07, 6.45) is 2.97. The zero-order chi connectivity index (χ0) is 17.8. The molecule has 3 aromatic rings. The highest BCUT2D eigenvalue weighted by molar-refractivity contribution is 5.92. The van der Waals surface area contributed by atoms with Crippen LogP contribution in [-0.4, -0.2) is 13.0 Å². The van der Waals surface area contributed by atoms with E-state index in [0.717, 1.165) is 5.39 Å². The lowest BCUT2D eigenvalue weighted by molar-refractivity contribution is -0.116. The Balaban J connectivity index is 1.65. The molecule has 0 bridgehead atoms. The number of halogens is 1. The molecular weight excluding hydrogens is 321 g/mol. The molecule has 3 rings (SSSR count). The Hall–Kier alpha value is -3.08. The molecule has 1 aromatic heterocycles. The number of furan rings is 1. The number of fused-ring (bicyclic) bond motifs is 1. The van der Waals surface area contributed by atoms with E-state index in [1.54, 1.807) is 32.2 Å². The number of carbonyl (C=O) groups excluding carboxylic acids is 1. The van der Waals surface area contributed by atoms with Gasteiger partial charge in [0.15, 0.2) is 11.3 Å². The molecule has 0 aliphatic rings. The minimum absolute atomic E-state index is 0.258. The van der Waals surface area contributed by atoms with Gasteiger partial charge in [-0.3, -0.25) is 4.79 Å². The lowest BCUT2D eigenvalue weighted by Gasteiger charge is -2.04. The summed E-state index contributed by atoms with van der Waals surface area (Å²) in [6.45, 7) is 1.96. The molecule has 0 saturated carbocycles. The molecule has 25 heavy (non-hydrogen) atoms. The number of methoxy groups -OCH3 is 1. The van der Waals surface area contributed by atoms with Crippen LogP contribution in [0.15, 0.2) is 53.0 Å². The number of benzene rings is 2. The molecule has 0 atom stereocenters. The largest absolute Gasteiger partial charge is 0.493 e. The Morgan fingerprint density at radius 1 is 1.28 bits per heavy atom. The van der Waals surface area contributed by atoms with Crippen LogP contribution in [0.25, 0.3) is 17.0 Å². The lowest BCUT2D eigenvalue weighted by Crippen LogP contribution is -2.20. The second kappa shape index (κ2) is 7.21. The molecule has 1 amide bonds. The van der Waals surface area contributed by atoms with Gasteiger partial charge in [0.2, 0.25) is 5.91 Å². The maximum absolute atomic E-state index is 13.5. The van der Waals surface area contributed by atoms with Crippen molar-refractivity contribution in [3.8, 4) is 5.75 Å². The van der Waals surface area contributed by atoms with Gasteiger partial charge in [0.1, 0.15) is 11.6 Å². The number of rotatable bonds is 5. The summed E-state index contributed by atoms with van der Waals surface area (Å²) in [7, 11) is 1.58. The summed E-state index contributed by atoms with van der Waals surface area (Å²) in [6, 6.07) is 12.3. The third-order valence-electron chi connectivity index (χ3n) is 3.85. The molecule has 0 aliphatic carbocycles. The average Bonchev–Trinajstić information content (AvgIpc) is 3.04. The Kier molecular flexibility index (Phi) is 4.84. The van der Waals surface area contributed by atoms with Crippen molar-refractivity contribution in [3.05, 3.63) is 71.2 Å². The first-order valence-corrected chi connectivity index (χ1v) is 7.84. The maximum atomic E-state index is 13.5. The number of carbonyl (C=O) groups is 1. The molecule has 1 N–H and O–H groups in total. The van der Waals surface area contributed by atoms with E-state index < -0.39 is 0 Å². The van der Waals surface area contributed by atoms with E-state index in [9.17, 15) is 9.18 Å². The summed E-state index contributed by atoms with van der Waals surface area (Å²) < 4.78 is 24.4. The standard InChI is InChI=1S/C20H18FNO3/c1-13-6-7-14(10-17(13)21)12-22-19(23)9-8-16-11-15-4-3-5-18(24-2)20(15)25-16/h3-11H,12H2,1-2H3,(H,22,23)/b9-8+. The van der Waals surface area contributed by atoms with Gasteiger partial charge in [0.05, 0.1) is 7.11 Å². The van der Waals surface area contributed by atoms with Crippen molar-refractivity contribution >= 4 is 23.0 Å². The minimum atomic E-state index is -0.284. The van der Waals surface area contributed by atoms with Gasteiger partial charge in [-0.1, -0.05) is 24.3 Å². The maximum Gasteiger partial charge on any atom is 0.244 e. The summed E-state index contributed by atoms with van der Waals surface area (Å²) >= 11 is 0. The highest BCUT2D eigenvalue weighted by Gasteiger charge is 2.07. The molecule has 0 radical (unpaired) electrons. The number of aryl methyl sites for hydroxylation is 1. The monoisotopic (exact) mass is 339 g/mol. The van der Waals surface area contributed by atoms with Gasteiger partial charge in [-0.05, 0) is 42.3 Å². The smallest absolute Gasteiger partial charge is 0.244 e. The lowest BCUT2D eigenvalue weighted by atomic mass is 10.1. The van der Waals surface area contributed by atoms with E-state index in [2.05, 4.69) is 5.32 Å². The van der Waals surface area contributed by atoms with Crippen LogP contribution in [0, 0.1) is 12.7 Å². The highest BCUT2D eigenvalue weighted by Crippen LogP contribution is 2.28. The SMILES string of the molecule is COc1cccc2cc(/C=C/C(=O)NCc3ccc(C)c(F)c3)oc12. The molecule has 0 spiro atoms. The number of hydrogen-bond donors (Lipinski definition) is 1. The normalized spacial score (nSPS) is 11.2. The second-order valence-electron chi connectivity index (χ2n) is 5.66. The van der Waals surface area contributed by atoms with Crippen LogP contribution in [0.2, 0.25) is 0 Å². The van der Waals surface area contributed by atoms with Crippen LogP contribution in [0.1, 0.15) is 16.9 Å². The first-order chi connectivity index (χ1) is 12.1. The summed E-state index contributed by atoms with van der Waals surface area (Å²) in [5.74, 6) is 0.631. The van der Waals surface area contributed by atoms with Crippen LogP contribution in [0.4, 0.5) is 4.39 Å². The van der Waals surface area contributed by atoms with Crippen molar-refractivity contribution < 1.29 is 18.3 Å². The van der Waals surface area contributed by atoms with Gasteiger partial charge in [-0.25, -0.2) is 4.39 Å². The molecular formula is C20H18FNO3. The van der Waals surface area contributed by atoms with Crippen molar-refractivity contribution in [1.82, 2.24) is 5.32 Å². The molecule has 128 valence electrons. The average molecular weight is 339 g/mol. The topological polar surface area (TPSA) is 51.5 Å². The molecule has 1 heterocycles. The Morgan fingerprint density at radius 3 is 2.88 bits per heavy atom. The number of ether oxygens (including phenoxy) is 1. The van der Waals surface area contributed by atoms with Crippen LogP contribution < -0.4 is 10.1 Å². The Morgan fingerprint density at radius 2 is 2.12 bits per heavy atom. The van der Waals surface area contributed by atoms with Gasteiger partial charge >= 0.3 is 0 Å². The molecule has 5 heteroatoms. The van der Waals surface area contributed by atoms with Crippen molar-refractivity contribution in [3.63, 3.8) is 0 Å². The van der Waals surface area contributed by atoms with Crippen LogP contribution >= 0.6 is 0 Å². The number of para-hydroxylation sites is 1. The first-order valence-electron chi connectivity index (χ1n) is 7.84. The highest BCUT2D eigenvalue weighted by atomic mass is 19.1. The number of amides is 1. The molecule has 4 nitrogen and oxygen atoms in total. The molecule has 0 fully saturated rings. The minimum Gasteiger partial charge on any atom is -0.493 e. The summed E-state index contributed by atoms with van der Waals surface area (Å²) in [5, 5.41) is 3.61. The molecule has 0 aliphatic heterocycles. The van der Waals surface area contributed by atoms with E-state index in [4.69, 9.17) is 9.15 Å². The third kappa shape index (κ3) is 3.88. The van der Waals surface area contributed by atoms with Gasteiger partial charge in [0, 0.05) is 18.0 Å².